The molecule has 78 valence electrons. The first-order chi connectivity index (χ1) is 6.00. The van der Waals surface area contributed by atoms with Crippen LogP contribution in [0.2, 0.25) is 0 Å². The van der Waals surface area contributed by atoms with Crippen molar-refractivity contribution in [1.82, 2.24) is 0 Å². The van der Waals surface area contributed by atoms with E-state index < -0.39 is 0 Å². The zero-order valence-electron chi connectivity index (χ0n) is 9.62. The fourth-order valence-corrected chi connectivity index (χ4v) is 3.03. The molecule has 1 heteroatoms. The summed E-state index contributed by atoms with van der Waals surface area (Å²) >= 11 is 0. The molecule has 4 atom stereocenters. The lowest BCUT2D eigenvalue weighted by Gasteiger charge is -2.46. The molecule has 0 radical (unpaired) electrons. The molecule has 13 heavy (non-hydrogen) atoms. The normalized spacial score (nSPS) is 52.2. The van der Waals surface area contributed by atoms with E-state index in [4.69, 9.17) is 0 Å². The van der Waals surface area contributed by atoms with Crippen LogP contribution in [0, 0.1) is 35.5 Å². The van der Waals surface area contributed by atoms with E-state index in [1.54, 1.807) is 0 Å². The fourth-order valence-electron chi connectivity index (χ4n) is 3.03. The van der Waals surface area contributed by atoms with Gasteiger partial charge < -0.3 is 5.11 Å². The summed E-state index contributed by atoms with van der Waals surface area (Å²) in [6.07, 6.45) is 0. The van der Waals surface area contributed by atoms with Crippen molar-refractivity contribution in [2.24, 2.45) is 35.5 Å². The van der Waals surface area contributed by atoms with Crippen LogP contribution in [-0.4, -0.2) is 11.7 Å². The monoisotopic (exact) mass is 184 g/mol. The molecule has 0 aliphatic heterocycles. The van der Waals surface area contributed by atoms with Crippen molar-refractivity contribution >= 4 is 0 Å². The molecule has 0 spiro atoms. The van der Waals surface area contributed by atoms with Gasteiger partial charge in [0.2, 0.25) is 0 Å². The maximum atomic E-state index is 9.35. The second-order valence-electron chi connectivity index (χ2n) is 5.14. The summed E-state index contributed by atoms with van der Waals surface area (Å²) in [7, 11) is 0. The minimum Gasteiger partial charge on any atom is -0.396 e. The molecule has 4 unspecified atom stereocenters. The van der Waals surface area contributed by atoms with Crippen molar-refractivity contribution in [3.05, 3.63) is 0 Å². The molecule has 1 nitrogen and oxygen atoms in total. The average Bonchev–Trinajstić information content (AvgIpc) is 2.13. The average molecular weight is 184 g/mol. The molecule has 0 aromatic rings. The lowest BCUT2D eigenvalue weighted by atomic mass is 9.59. The largest absolute Gasteiger partial charge is 0.396 e. The van der Waals surface area contributed by atoms with Crippen LogP contribution in [0.25, 0.3) is 0 Å². The molecule has 1 N–H and O–H groups in total. The van der Waals surface area contributed by atoms with E-state index in [0.717, 1.165) is 17.8 Å². The Labute approximate surface area is 82.5 Å². The van der Waals surface area contributed by atoms with Crippen LogP contribution < -0.4 is 0 Å². The Morgan fingerprint density at radius 2 is 1.00 bits per heavy atom. The highest BCUT2D eigenvalue weighted by Crippen LogP contribution is 2.44. The topological polar surface area (TPSA) is 20.2 Å². The minimum atomic E-state index is 0.365. The molecule has 1 saturated carbocycles. The molecule has 1 aliphatic rings. The van der Waals surface area contributed by atoms with E-state index in [9.17, 15) is 5.11 Å². The third kappa shape index (κ3) is 1.76. The molecular formula is C12H24O. The third-order valence-corrected chi connectivity index (χ3v) is 4.88. The molecule has 0 heterocycles. The predicted molar refractivity (Wildman–Crippen MR) is 56.4 cm³/mol. The summed E-state index contributed by atoms with van der Waals surface area (Å²) in [6.45, 7) is 12.0. The number of rotatable bonds is 1. The van der Waals surface area contributed by atoms with Crippen LogP contribution in [0.4, 0.5) is 0 Å². The quantitative estimate of drug-likeness (QED) is 0.664. The van der Waals surface area contributed by atoms with Crippen molar-refractivity contribution in [2.75, 3.05) is 6.61 Å². The van der Waals surface area contributed by atoms with Gasteiger partial charge in [0.25, 0.3) is 0 Å². The van der Waals surface area contributed by atoms with Crippen molar-refractivity contribution in [3.63, 3.8) is 0 Å². The molecule has 1 aliphatic carbocycles. The van der Waals surface area contributed by atoms with Gasteiger partial charge in [0.15, 0.2) is 0 Å². The van der Waals surface area contributed by atoms with Gasteiger partial charge in [-0.15, -0.1) is 0 Å². The smallest absolute Gasteiger partial charge is 0.0464 e. The van der Waals surface area contributed by atoms with Crippen LogP contribution in [-0.2, 0) is 0 Å². The molecule has 0 amide bonds. The molecule has 1 rings (SSSR count). The third-order valence-electron chi connectivity index (χ3n) is 4.88. The highest BCUT2D eigenvalue weighted by Gasteiger charge is 2.40. The summed E-state index contributed by atoms with van der Waals surface area (Å²) < 4.78 is 0. The minimum absolute atomic E-state index is 0.365. The van der Waals surface area contributed by atoms with Crippen LogP contribution in [0.15, 0.2) is 0 Å². The van der Waals surface area contributed by atoms with Crippen molar-refractivity contribution in [2.45, 2.75) is 34.6 Å². The molecule has 0 aromatic heterocycles. The van der Waals surface area contributed by atoms with Gasteiger partial charge in [-0.2, -0.15) is 0 Å². The second-order valence-corrected chi connectivity index (χ2v) is 5.14. The van der Waals surface area contributed by atoms with E-state index in [2.05, 4.69) is 34.6 Å². The predicted octanol–water partition coefficient (Wildman–Crippen LogP) is 2.79. The zero-order valence-corrected chi connectivity index (χ0v) is 9.62. The molecule has 0 saturated heterocycles. The fraction of sp³-hybridized carbons (Fsp3) is 1.00. The van der Waals surface area contributed by atoms with E-state index in [-0.39, 0.29) is 0 Å². The maximum absolute atomic E-state index is 9.35. The van der Waals surface area contributed by atoms with E-state index in [1.165, 1.54) is 0 Å². The van der Waals surface area contributed by atoms with Gasteiger partial charge in [0.1, 0.15) is 0 Å². The van der Waals surface area contributed by atoms with Crippen LogP contribution in [0.3, 0.4) is 0 Å². The van der Waals surface area contributed by atoms with Crippen LogP contribution in [0.5, 0.6) is 0 Å². The number of hydrogen-bond acceptors (Lipinski definition) is 1. The Kier molecular flexibility index (Phi) is 3.39. The van der Waals surface area contributed by atoms with Gasteiger partial charge in [-0.05, 0) is 35.5 Å². The van der Waals surface area contributed by atoms with Gasteiger partial charge in [0.05, 0.1) is 0 Å². The summed E-state index contributed by atoms with van der Waals surface area (Å²) in [6, 6.07) is 0. The Hall–Kier alpha value is -0.0400. The Balaban J connectivity index is 2.79. The Morgan fingerprint density at radius 3 is 1.31 bits per heavy atom. The van der Waals surface area contributed by atoms with Crippen LogP contribution in [0.1, 0.15) is 34.6 Å². The lowest BCUT2D eigenvalue weighted by Crippen LogP contribution is -2.42. The Morgan fingerprint density at radius 1 is 0.692 bits per heavy atom. The standard InChI is InChI=1S/C12H24O/c1-7-8(2)10(4)12(6-13)11(5)9(7)3/h7-13H,6H2,1-5H3. The van der Waals surface area contributed by atoms with Gasteiger partial charge >= 0.3 is 0 Å². The molecule has 0 aromatic carbocycles. The molecule has 0 bridgehead atoms. The van der Waals surface area contributed by atoms with Crippen LogP contribution >= 0.6 is 0 Å². The molecular weight excluding hydrogens is 160 g/mol. The van der Waals surface area contributed by atoms with Gasteiger partial charge in [-0.1, -0.05) is 34.6 Å². The van der Waals surface area contributed by atoms with E-state index in [1.807, 2.05) is 0 Å². The number of aliphatic hydroxyl groups excluding tert-OH is 1. The number of hydrogen-bond donors (Lipinski definition) is 1. The van der Waals surface area contributed by atoms with Crippen molar-refractivity contribution in [1.29, 1.82) is 0 Å². The SMILES string of the molecule is CC1C(C)C(C)C(CO)C(C)C1C. The Bertz CT molecular complexity index is 151. The number of aliphatic hydroxyl groups is 1. The summed E-state index contributed by atoms with van der Waals surface area (Å²) in [4.78, 5) is 0. The lowest BCUT2D eigenvalue weighted by molar-refractivity contribution is -0.00889. The maximum Gasteiger partial charge on any atom is 0.0464 e. The molecule has 1 fully saturated rings. The summed E-state index contributed by atoms with van der Waals surface area (Å²) in [5.74, 6) is 4.16. The highest BCUT2D eigenvalue weighted by molar-refractivity contribution is 4.88. The highest BCUT2D eigenvalue weighted by atomic mass is 16.3. The van der Waals surface area contributed by atoms with E-state index >= 15 is 0 Å². The first-order valence-corrected chi connectivity index (χ1v) is 5.61. The summed E-state index contributed by atoms with van der Waals surface area (Å²) in [5.41, 5.74) is 0. The van der Waals surface area contributed by atoms with Crippen molar-refractivity contribution in [3.8, 4) is 0 Å². The van der Waals surface area contributed by atoms with Gasteiger partial charge in [0, 0.05) is 6.61 Å². The van der Waals surface area contributed by atoms with Gasteiger partial charge in [-0.25, -0.2) is 0 Å². The second kappa shape index (κ2) is 4.00. The summed E-state index contributed by atoms with van der Waals surface area (Å²) in [5, 5.41) is 9.35. The van der Waals surface area contributed by atoms with E-state index in [0.29, 0.717) is 24.4 Å². The van der Waals surface area contributed by atoms with Gasteiger partial charge in [-0.3, -0.25) is 0 Å². The first kappa shape index (κ1) is 11.0. The first-order valence-electron chi connectivity index (χ1n) is 5.61. The van der Waals surface area contributed by atoms with Crippen molar-refractivity contribution < 1.29 is 5.11 Å². The zero-order chi connectivity index (χ0) is 10.2.